The van der Waals surface area contributed by atoms with Gasteiger partial charge in [-0.1, -0.05) is 6.58 Å². The number of fused-ring (bicyclic) bond motifs is 1. The number of hydrogen-bond acceptors (Lipinski definition) is 9. The lowest BCUT2D eigenvalue weighted by Crippen LogP contribution is -2.43. The number of benzene rings is 1. The average Bonchev–Trinajstić information content (AvgIpc) is 3.32. The quantitative estimate of drug-likeness (QED) is 0.393. The number of hydrogen-bond donors (Lipinski definition) is 0. The minimum Gasteiger partial charge on any atom is -0.474 e. The van der Waals surface area contributed by atoms with Gasteiger partial charge in [0, 0.05) is 52.2 Å². The fraction of sp³-hybridized carbons (Fsp3) is 0.400. The number of sulfone groups is 1. The second kappa shape index (κ2) is 11.2. The van der Waals surface area contributed by atoms with E-state index < -0.39 is 15.9 Å². The van der Waals surface area contributed by atoms with Crippen LogP contribution in [0.4, 0.5) is 4.79 Å². The number of nitrogens with zero attached hydrogens (tertiary/aromatic N) is 6. The Kier molecular flexibility index (Phi) is 7.95. The van der Waals surface area contributed by atoms with Gasteiger partial charge in [0.25, 0.3) is 0 Å². The Morgan fingerprint density at radius 1 is 1.16 bits per heavy atom. The van der Waals surface area contributed by atoms with Crippen LogP contribution in [0.25, 0.3) is 16.7 Å². The minimum atomic E-state index is -3.30. The van der Waals surface area contributed by atoms with E-state index in [1.54, 1.807) is 41.9 Å². The van der Waals surface area contributed by atoms with Crippen LogP contribution in [0, 0.1) is 0 Å². The first-order valence-electron chi connectivity index (χ1n) is 12.0. The molecule has 0 atom stereocenters. The average molecular weight is 543 g/mol. The van der Waals surface area contributed by atoms with Crippen LogP contribution in [-0.2, 0) is 19.4 Å². The zero-order valence-corrected chi connectivity index (χ0v) is 22.3. The molecule has 0 unspecified atom stereocenters. The van der Waals surface area contributed by atoms with Crippen molar-refractivity contribution in [3.63, 3.8) is 0 Å². The molecule has 0 aliphatic carbocycles. The highest BCUT2D eigenvalue weighted by molar-refractivity contribution is 7.90. The molecule has 1 saturated heterocycles. The molecule has 4 rings (SSSR count). The molecule has 3 aromatic rings. The van der Waals surface area contributed by atoms with Gasteiger partial charge >= 0.3 is 6.09 Å². The van der Waals surface area contributed by atoms with Crippen molar-refractivity contribution in [2.75, 3.05) is 32.9 Å². The van der Waals surface area contributed by atoms with E-state index in [0.29, 0.717) is 54.3 Å². The topological polar surface area (TPSA) is 137 Å². The molecule has 2 amide bonds. The Morgan fingerprint density at radius 2 is 1.84 bits per heavy atom. The number of aromatic nitrogens is 4. The van der Waals surface area contributed by atoms with Gasteiger partial charge in [-0.2, -0.15) is 5.10 Å². The molecule has 12 nitrogen and oxygen atoms in total. The van der Waals surface area contributed by atoms with Crippen LogP contribution in [0.3, 0.4) is 0 Å². The SMILES string of the molecule is C=C(C)OC(=O)N(C)CCC(=O)N1CCC(Oc2ncnc3c2cnn3-c2ccc(S(C)(=O)=O)cc2)CC1. The van der Waals surface area contributed by atoms with Crippen LogP contribution in [-0.4, -0.2) is 89.0 Å². The summed E-state index contributed by atoms with van der Waals surface area (Å²) in [5, 5.41) is 5.03. The molecule has 3 heterocycles. The summed E-state index contributed by atoms with van der Waals surface area (Å²) in [6.45, 7) is 6.44. The molecule has 38 heavy (non-hydrogen) atoms. The minimum absolute atomic E-state index is 0.0361. The maximum absolute atomic E-state index is 12.6. The molecule has 0 spiro atoms. The lowest BCUT2D eigenvalue weighted by molar-refractivity contribution is -0.133. The molecule has 1 aliphatic rings. The van der Waals surface area contributed by atoms with Gasteiger partial charge in [0.2, 0.25) is 11.8 Å². The summed E-state index contributed by atoms with van der Waals surface area (Å²) in [4.78, 5) is 36.4. The number of carbonyl (C=O) groups is 2. The van der Waals surface area contributed by atoms with Gasteiger partial charge in [-0.15, -0.1) is 0 Å². The Balaban J connectivity index is 1.35. The van der Waals surface area contributed by atoms with Crippen LogP contribution < -0.4 is 4.74 Å². The van der Waals surface area contributed by atoms with Crippen molar-refractivity contribution in [1.29, 1.82) is 0 Å². The van der Waals surface area contributed by atoms with E-state index in [1.807, 2.05) is 0 Å². The third-order valence-corrected chi connectivity index (χ3v) is 7.27. The van der Waals surface area contributed by atoms with Crippen LogP contribution in [0.15, 0.2) is 54.0 Å². The second-order valence-electron chi connectivity index (χ2n) is 9.18. The second-order valence-corrected chi connectivity index (χ2v) is 11.2. The summed E-state index contributed by atoms with van der Waals surface area (Å²) in [6, 6.07) is 6.38. The molecule has 1 fully saturated rings. The number of ether oxygens (including phenoxy) is 2. The summed E-state index contributed by atoms with van der Waals surface area (Å²) in [5.74, 6) is 0.661. The van der Waals surface area contributed by atoms with Crippen molar-refractivity contribution in [1.82, 2.24) is 29.5 Å². The molecule has 1 aliphatic heterocycles. The van der Waals surface area contributed by atoms with Gasteiger partial charge in [0.05, 0.1) is 22.5 Å². The molecular formula is C25H30N6O6S. The summed E-state index contributed by atoms with van der Waals surface area (Å²) in [5.41, 5.74) is 1.19. The van der Waals surface area contributed by atoms with Crippen LogP contribution in [0.2, 0.25) is 0 Å². The molecule has 0 bridgehead atoms. The zero-order valence-electron chi connectivity index (χ0n) is 21.5. The highest BCUT2D eigenvalue weighted by Crippen LogP contribution is 2.26. The highest BCUT2D eigenvalue weighted by Gasteiger charge is 2.26. The Labute approximate surface area is 220 Å². The molecule has 2 aromatic heterocycles. The summed E-state index contributed by atoms with van der Waals surface area (Å²) < 4.78 is 36.2. The van der Waals surface area contributed by atoms with Crippen LogP contribution in [0.5, 0.6) is 5.88 Å². The Hall–Kier alpha value is -4.00. The molecule has 202 valence electrons. The predicted molar refractivity (Wildman–Crippen MR) is 139 cm³/mol. The van der Waals surface area contributed by atoms with Crippen molar-refractivity contribution >= 4 is 32.9 Å². The van der Waals surface area contributed by atoms with Gasteiger partial charge in [0.1, 0.15) is 17.8 Å². The fourth-order valence-electron chi connectivity index (χ4n) is 4.06. The van der Waals surface area contributed by atoms with Crippen molar-refractivity contribution < 1.29 is 27.5 Å². The van der Waals surface area contributed by atoms with Crippen LogP contribution >= 0.6 is 0 Å². The van der Waals surface area contributed by atoms with Crippen molar-refractivity contribution in [2.24, 2.45) is 0 Å². The van der Waals surface area contributed by atoms with Crippen molar-refractivity contribution in [2.45, 2.75) is 37.2 Å². The zero-order chi connectivity index (χ0) is 27.4. The summed E-state index contributed by atoms with van der Waals surface area (Å²) in [6.07, 6.45) is 4.95. The number of piperidine rings is 1. The normalized spacial score (nSPS) is 14.3. The standard InChI is InChI=1S/C25H30N6O6S/c1-17(2)36-25(33)29(3)12-11-22(32)30-13-9-19(10-14-30)37-24-21-15-28-31(23(21)26-16-27-24)18-5-7-20(8-6-18)38(4,34)35/h5-8,15-16,19H,1,9-14H2,2-4H3. The number of allylic oxidation sites excluding steroid dienone is 1. The molecule has 1 aromatic carbocycles. The maximum Gasteiger partial charge on any atom is 0.414 e. The number of rotatable bonds is 8. The van der Waals surface area contributed by atoms with Crippen LogP contribution in [0.1, 0.15) is 26.2 Å². The van der Waals surface area contributed by atoms with E-state index in [0.717, 1.165) is 6.26 Å². The third-order valence-electron chi connectivity index (χ3n) is 6.15. The predicted octanol–water partition coefficient (Wildman–Crippen LogP) is 2.58. The summed E-state index contributed by atoms with van der Waals surface area (Å²) >= 11 is 0. The van der Waals surface area contributed by atoms with E-state index in [4.69, 9.17) is 9.47 Å². The smallest absolute Gasteiger partial charge is 0.414 e. The monoisotopic (exact) mass is 542 g/mol. The van der Waals surface area contributed by atoms with E-state index >= 15 is 0 Å². The maximum atomic E-state index is 12.6. The first-order valence-corrected chi connectivity index (χ1v) is 13.9. The van der Waals surface area contributed by atoms with E-state index in [9.17, 15) is 18.0 Å². The third kappa shape index (κ3) is 6.28. The molecular weight excluding hydrogens is 512 g/mol. The molecule has 0 radical (unpaired) electrons. The van der Waals surface area contributed by atoms with E-state index in [-0.39, 0.29) is 29.9 Å². The Morgan fingerprint density at radius 3 is 2.47 bits per heavy atom. The van der Waals surface area contributed by atoms with E-state index in [2.05, 4.69) is 21.6 Å². The molecule has 0 N–H and O–H groups in total. The van der Waals surface area contributed by atoms with Gasteiger partial charge in [-0.25, -0.2) is 27.9 Å². The Bertz CT molecular complexity index is 1440. The van der Waals surface area contributed by atoms with Gasteiger partial charge in [-0.3, -0.25) is 4.79 Å². The fourth-order valence-corrected chi connectivity index (χ4v) is 4.69. The number of likely N-dealkylation sites (tertiary alicyclic amines) is 1. The van der Waals surface area contributed by atoms with Crippen molar-refractivity contribution in [3.8, 4) is 11.6 Å². The van der Waals surface area contributed by atoms with E-state index in [1.165, 1.54) is 23.4 Å². The van der Waals surface area contributed by atoms with Gasteiger partial charge in [0.15, 0.2) is 15.5 Å². The largest absolute Gasteiger partial charge is 0.474 e. The first-order chi connectivity index (χ1) is 18.0. The highest BCUT2D eigenvalue weighted by atomic mass is 32.2. The van der Waals surface area contributed by atoms with Crippen molar-refractivity contribution in [3.05, 3.63) is 49.1 Å². The molecule has 0 saturated carbocycles. The van der Waals surface area contributed by atoms with Gasteiger partial charge < -0.3 is 19.3 Å². The lowest BCUT2D eigenvalue weighted by atomic mass is 10.1. The first kappa shape index (κ1) is 27.0. The summed E-state index contributed by atoms with van der Waals surface area (Å²) in [7, 11) is -1.72. The molecule has 13 heteroatoms. The lowest BCUT2D eigenvalue weighted by Gasteiger charge is -2.32. The van der Waals surface area contributed by atoms with Gasteiger partial charge in [-0.05, 0) is 31.2 Å². The number of amides is 2. The number of carbonyl (C=O) groups excluding carboxylic acids is 2.